The molecule has 0 fully saturated rings. The van der Waals surface area contributed by atoms with Crippen LogP contribution >= 0.6 is 11.6 Å². The Bertz CT molecular complexity index is 598. The summed E-state index contributed by atoms with van der Waals surface area (Å²) >= 11 is 6.07. The summed E-state index contributed by atoms with van der Waals surface area (Å²) in [4.78, 5) is 14.8. The molecular weight excluding hydrogens is 270 g/mol. The Hall–Kier alpha value is -2.08. The monoisotopic (exact) mass is 281 g/mol. The van der Waals surface area contributed by atoms with Gasteiger partial charge in [0.05, 0.1) is 12.1 Å². The molecule has 100 valence electrons. The minimum atomic E-state index is 0.201. The van der Waals surface area contributed by atoms with E-state index in [1.54, 1.807) is 17.8 Å². The summed E-state index contributed by atoms with van der Waals surface area (Å²) in [6, 6.07) is 3.08. The van der Waals surface area contributed by atoms with Crippen molar-refractivity contribution in [2.45, 2.75) is 6.61 Å². The van der Waals surface area contributed by atoms with Crippen molar-refractivity contribution in [3.05, 3.63) is 34.9 Å². The van der Waals surface area contributed by atoms with Gasteiger partial charge in [-0.25, -0.2) is 4.98 Å². The van der Waals surface area contributed by atoms with Crippen molar-refractivity contribution >= 4 is 17.9 Å². The highest BCUT2D eigenvalue weighted by atomic mass is 35.5. The molecule has 0 aliphatic rings. The number of carbonyl (C=O) groups excluding carboxylic acids is 1. The first-order valence-corrected chi connectivity index (χ1v) is 5.82. The molecule has 2 rings (SSSR count). The van der Waals surface area contributed by atoms with Gasteiger partial charge in [0.1, 0.15) is 19.2 Å². The predicted molar refractivity (Wildman–Crippen MR) is 68.7 cm³/mol. The zero-order chi connectivity index (χ0) is 13.8. The van der Waals surface area contributed by atoms with Crippen LogP contribution in [0, 0.1) is 0 Å². The number of halogens is 1. The van der Waals surface area contributed by atoms with Crippen molar-refractivity contribution in [1.29, 1.82) is 0 Å². The highest BCUT2D eigenvalue weighted by Crippen LogP contribution is 2.36. The first-order chi connectivity index (χ1) is 9.15. The van der Waals surface area contributed by atoms with E-state index < -0.39 is 0 Å². The van der Waals surface area contributed by atoms with Crippen LogP contribution in [-0.2, 0) is 13.7 Å². The molecular formula is C12H12ClN3O3. The van der Waals surface area contributed by atoms with Crippen LogP contribution in [-0.4, -0.2) is 28.2 Å². The first-order valence-electron chi connectivity index (χ1n) is 5.44. The lowest BCUT2D eigenvalue weighted by Gasteiger charge is -2.12. The third-order valence-electron chi connectivity index (χ3n) is 2.54. The number of aryl methyl sites for hydroxylation is 1. The number of aldehydes is 1. The molecule has 1 aromatic heterocycles. The van der Waals surface area contributed by atoms with Gasteiger partial charge in [-0.1, -0.05) is 11.6 Å². The van der Waals surface area contributed by atoms with E-state index in [1.807, 2.05) is 0 Å². The minimum absolute atomic E-state index is 0.201. The maximum absolute atomic E-state index is 10.8. The molecule has 0 radical (unpaired) electrons. The zero-order valence-electron chi connectivity index (χ0n) is 10.5. The van der Waals surface area contributed by atoms with Crippen molar-refractivity contribution in [2.75, 3.05) is 7.11 Å². The molecule has 0 spiro atoms. The van der Waals surface area contributed by atoms with Gasteiger partial charge in [0, 0.05) is 12.6 Å². The van der Waals surface area contributed by atoms with Crippen LogP contribution in [0.15, 0.2) is 18.5 Å². The van der Waals surface area contributed by atoms with Crippen molar-refractivity contribution < 1.29 is 14.3 Å². The van der Waals surface area contributed by atoms with Gasteiger partial charge in [0.25, 0.3) is 0 Å². The number of nitrogens with zero attached hydrogens (tertiary/aromatic N) is 3. The van der Waals surface area contributed by atoms with Crippen LogP contribution in [0.5, 0.6) is 11.5 Å². The Labute approximate surface area is 114 Å². The molecule has 0 saturated heterocycles. The summed E-state index contributed by atoms with van der Waals surface area (Å²) in [5.41, 5.74) is 0.424. The van der Waals surface area contributed by atoms with Crippen LogP contribution in [0.3, 0.4) is 0 Å². The van der Waals surface area contributed by atoms with Crippen molar-refractivity contribution in [3.8, 4) is 11.5 Å². The smallest absolute Gasteiger partial charge is 0.180 e. The Morgan fingerprint density at radius 1 is 1.47 bits per heavy atom. The molecule has 7 heteroatoms. The van der Waals surface area contributed by atoms with E-state index >= 15 is 0 Å². The van der Waals surface area contributed by atoms with Crippen LogP contribution in [0.4, 0.5) is 0 Å². The van der Waals surface area contributed by atoms with Gasteiger partial charge >= 0.3 is 0 Å². The van der Waals surface area contributed by atoms with E-state index in [9.17, 15) is 4.79 Å². The zero-order valence-corrected chi connectivity index (χ0v) is 11.2. The molecule has 0 aliphatic heterocycles. The molecule has 0 saturated carbocycles. The van der Waals surface area contributed by atoms with E-state index in [0.717, 1.165) is 0 Å². The molecule has 0 unspecified atom stereocenters. The first kappa shape index (κ1) is 13.4. The van der Waals surface area contributed by atoms with E-state index in [1.165, 1.54) is 19.5 Å². The number of hydrogen-bond acceptors (Lipinski definition) is 5. The maximum atomic E-state index is 10.8. The third kappa shape index (κ3) is 2.85. The van der Waals surface area contributed by atoms with Gasteiger partial charge in [0.15, 0.2) is 17.3 Å². The number of methoxy groups -OCH3 is 1. The Balaban J connectivity index is 2.24. The summed E-state index contributed by atoms with van der Waals surface area (Å²) in [6.45, 7) is 0.201. The lowest BCUT2D eigenvalue weighted by Crippen LogP contribution is -2.05. The molecule has 0 N–H and O–H groups in total. The second-order valence-corrected chi connectivity index (χ2v) is 4.15. The Kier molecular flexibility index (Phi) is 4.01. The molecule has 19 heavy (non-hydrogen) atoms. The van der Waals surface area contributed by atoms with Crippen molar-refractivity contribution in [2.24, 2.45) is 7.05 Å². The van der Waals surface area contributed by atoms with Gasteiger partial charge in [-0.3, -0.25) is 9.48 Å². The molecule has 0 atom stereocenters. The van der Waals surface area contributed by atoms with E-state index in [0.29, 0.717) is 34.2 Å². The fourth-order valence-electron chi connectivity index (χ4n) is 1.54. The fraction of sp³-hybridized carbons (Fsp3) is 0.250. The van der Waals surface area contributed by atoms with Gasteiger partial charge < -0.3 is 9.47 Å². The lowest BCUT2D eigenvalue weighted by atomic mass is 10.2. The maximum Gasteiger partial charge on any atom is 0.180 e. The van der Waals surface area contributed by atoms with Crippen LogP contribution < -0.4 is 9.47 Å². The molecule has 2 aromatic rings. The third-order valence-corrected chi connectivity index (χ3v) is 2.82. The summed E-state index contributed by atoms with van der Waals surface area (Å²) in [5, 5.41) is 4.25. The average Bonchev–Trinajstić information content (AvgIpc) is 2.82. The van der Waals surface area contributed by atoms with Crippen LogP contribution in [0.1, 0.15) is 16.2 Å². The molecule has 1 aromatic carbocycles. The van der Waals surface area contributed by atoms with Gasteiger partial charge in [-0.05, 0) is 12.1 Å². The van der Waals surface area contributed by atoms with E-state index in [-0.39, 0.29) is 6.61 Å². The standard InChI is InChI=1S/C12H12ClN3O3/c1-16-11(14-7-15-16)6-19-12-9(13)3-8(5-17)4-10(12)18-2/h3-5,7H,6H2,1-2H3. The van der Waals surface area contributed by atoms with Gasteiger partial charge in [-0.15, -0.1) is 0 Å². The topological polar surface area (TPSA) is 66.2 Å². The number of benzene rings is 1. The SMILES string of the molecule is COc1cc(C=O)cc(Cl)c1OCc1ncnn1C. The summed E-state index contributed by atoms with van der Waals surface area (Å²) in [7, 11) is 3.25. The van der Waals surface area contributed by atoms with Crippen molar-refractivity contribution in [1.82, 2.24) is 14.8 Å². The average molecular weight is 282 g/mol. The second kappa shape index (κ2) is 5.71. The van der Waals surface area contributed by atoms with Crippen LogP contribution in [0.2, 0.25) is 5.02 Å². The van der Waals surface area contributed by atoms with Crippen LogP contribution in [0.25, 0.3) is 0 Å². The predicted octanol–water partition coefficient (Wildman–Crippen LogP) is 1.87. The summed E-state index contributed by atoms with van der Waals surface area (Å²) in [5.74, 6) is 1.42. The number of carbonyl (C=O) groups is 1. The van der Waals surface area contributed by atoms with E-state index in [2.05, 4.69) is 10.1 Å². The quantitative estimate of drug-likeness (QED) is 0.783. The highest BCUT2D eigenvalue weighted by molar-refractivity contribution is 6.32. The normalized spacial score (nSPS) is 10.3. The fourth-order valence-corrected chi connectivity index (χ4v) is 1.81. The molecule has 6 nitrogen and oxygen atoms in total. The summed E-state index contributed by atoms with van der Waals surface area (Å²) < 4.78 is 12.3. The Morgan fingerprint density at radius 3 is 2.84 bits per heavy atom. The number of hydrogen-bond donors (Lipinski definition) is 0. The van der Waals surface area contributed by atoms with E-state index in [4.69, 9.17) is 21.1 Å². The van der Waals surface area contributed by atoms with Crippen molar-refractivity contribution in [3.63, 3.8) is 0 Å². The number of aromatic nitrogens is 3. The Morgan fingerprint density at radius 2 is 2.26 bits per heavy atom. The highest BCUT2D eigenvalue weighted by Gasteiger charge is 2.13. The second-order valence-electron chi connectivity index (χ2n) is 3.74. The van der Waals surface area contributed by atoms with Gasteiger partial charge in [0.2, 0.25) is 0 Å². The molecule has 0 aliphatic carbocycles. The molecule has 0 bridgehead atoms. The number of ether oxygens (including phenoxy) is 2. The summed E-state index contributed by atoms with van der Waals surface area (Å²) in [6.07, 6.45) is 2.13. The van der Waals surface area contributed by atoms with Gasteiger partial charge in [-0.2, -0.15) is 5.10 Å². The molecule has 0 amide bonds. The number of rotatable bonds is 5. The molecule has 1 heterocycles. The largest absolute Gasteiger partial charge is 0.493 e. The lowest BCUT2D eigenvalue weighted by molar-refractivity contribution is 0.112. The minimum Gasteiger partial charge on any atom is -0.493 e.